The Labute approximate surface area is 387 Å². The van der Waals surface area contributed by atoms with Crippen LogP contribution in [0.2, 0.25) is 0 Å². The summed E-state index contributed by atoms with van der Waals surface area (Å²) in [6, 6.07) is 88.2. The lowest BCUT2D eigenvalue weighted by atomic mass is 9.67. The van der Waals surface area contributed by atoms with E-state index in [-0.39, 0.29) is 0 Å². The second-order valence-electron chi connectivity index (χ2n) is 17.3. The number of aromatic nitrogens is 2. The number of benzene rings is 10. The number of fused-ring (bicyclic) bond motifs is 7. The maximum absolute atomic E-state index is 5.30. The smallest absolute Gasteiger partial charge is 0.160 e. The first kappa shape index (κ1) is 38.2. The first-order chi connectivity index (χ1) is 32.7. The van der Waals surface area contributed by atoms with Crippen LogP contribution in [-0.2, 0) is 5.41 Å². The largest absolute Gasteiger partial charge is 0.228 e. The van der Waals surface area contributed by atoms with Crippen LogP contribution in [0.25, 0.3) is 98.2 Å². The summed E-state index contributed by atoms with van der Waals surface area (Å²) in [4.78, 5) is 10.5. The van der Waals surface area contributed by atoms with Gasteiger partial charge >= 0.3 is 0 Å². The summed E-state index contributed by atoms with van der Waals surface area (Å²) in [6.07, 6.45) is 0. The second kappa shape index (κ2) is 15.5. The number of nitrogens with zero attached hydrogens (tertiary/aromatic N) is 2. The van der Waals surface area contributed by atoms with Crippen molar-refractivity contribution in [3.05, 3.63) is 265 Å². The van der Waals surface area contributed by atoms with Crippen LogP contribution in [0.4, 0.5) is 0 Å². The molecule has 12 aromatic rings. The molecule has 0 fully saturated rings. The average Bonchev–Trinajstić information content (AvgIpc) is 3.92. The number of hydrogen-bond acceptors (Lipinski definition) is 3. The molecule has 308 valence electrons. The van der Waals surface area contributed by atoms with Crippen LogP contribution in [0, 0.1) is 0 Å². The Morgan fingerprint density at radius 1 is 0.303 bits per heavy atom. The predicted octanol–water partition coefficient (Wildman–Crippen LogP) is 16.7. The lowest BCUT2D eigenvalue weighted by Crippen LogP contribution is -2.28. The van der Waals surface area contributed by atoms with Gasteiger partial charge in [0, 0.05) is 36.9 Å². The molecular weight excluding hydrogens is 817 g/mol. The molecule has 0 saturated heterocycles. The Morgan fingerprint density at radius 2 is 0.818 bits per heavy atom. The van der Waals surface area contributed by atoms with Gasteiger partial charge in [-0.25, -0.2) is 9.97 Å². The third-order valence-electron chi connectivity index (χ3n) is 13.6. The minimum absolute atomic E-state index is 0.502. The fraction of sp³-hybridized carbons (Fsp3) is 0.0159. The van der Waals surface area contributed by atoms with Gasteiger partial charge < -0.3 is 0 Å². The molecule has 2 heterocycles. The van der Waals surface area contributed by atoms with Gasteiger partial charge in [-0.3, -0.25) is 0 Å². The molecule has 0 spiro atoms. The number of rotatable bonds is 7. The number of hydrogen-bond donors (Lipinski definition) is 0. The van der Waals surface area contributed by atoms with Gasteiger partial charge in [0.05, 0.1) is 16.8 Å². The van der Waals surface area contributed by atoms with Crippen molar-refractivity contribution in [2.75, 3.05) is 0 Å². The quantitative estimate of drug-likeness (QED) is 0.160. The van der Waals surface area contributed by atoms with E-state index in [0.717, 1.165) is 33.6 Å². The van der Waals surface area contributed by atoms with Crippen LogP contribution < -0.4 is 0 Å². The first-order valence-corrected chi connectivity index (χ1v) is 23.4. The third kappa shape index (κ3) is 6.23. The zero-order chi connectivity index (χ0) is 43.6. The summed E-state index contributed by atoms with van der Waals surface area (Å²) in [6.45, 7) is 0. The van der Waals surface area contributed by atoms with Crippen LogP contribution in [0.3, 0.4) is 0 Å². The molecule has 66 heavy (non-hydrogen) atoms. The molecule has 0 amide bonds. The minimum atomic E-state index is -0.502. The highest BCUT2D eigenvalue weighted by Crippen LogP contribution is 2.56. The van der Waals surface area contributed by atoms with Crippen molar-refractivity contribution in [1.82, 2.24) is 9.97 Å². The molecule has 3 heteroatoms. The molecule has 0 bridgehead atoms. The predicted molar refractivity (Wildman–Crippen MR) is 277 cm³/mol. The molecule has 2 aromatic heterocycles. The minimum Gasteiger partial charge on any atom is -0.228 e. The zero-order valence-electron chi connectivity index (χ0n) is 35.9. The van der Waals surface area contributed by atoms with Crippen LogP contribution in [0.1, 0.15) is 22.3 Å². The maximum atomic E-state index is 5.30. The molecule has 10 aromatic carbocycles. The molecule has 0 radical (unpaired) electrons. The van der Waals surface area contributed by atoms with E-state index in [2.05, 4.69) is 237 Å². The average molecular weight is 857 g/mol. The molecule has 0 atom stereocenters. The summed E-state index contributed by atoms with van der Waals surface area (Å²) < 4.78 is 2.66. The highest BCUT2D eigenvalue weighted by Gasteiger charge is 2.46. The molecule has 0 aliphatic heterocycles. The zero-order valence-corrected chi connectivity index (χ0v) is 36.7. The van der Waals surface area contributed by atoms with Crippen molar-refractivity contribution in [2.24, 2.45) is 0 Å². The fourth-order valence-corrected chi connectivity index (χ4v) is 11.6. The summed E-state index contributed by atoms with van der Waals surface area (Å²) >= 11 is 1.87. The molecule has 0 saturated carbocycles. The molecular formula is C63H40N2S. The van der Waals surface area contributed by atoms with Crippen molar-refractivity contribution in [2.45, 2.75) is 5.41 Å². The van der Waals surface area contributed by atoms with Gasteiger partial charge in [-0.05, 0) is 103 Å². The third-order valence-corrected chi connectivity index (χ3v) is 14.7. The van der Waals surface area contributed by atoms with Crippen molar-refractivity contribution in [3.8, 4) is 67.3 Å². The van der Waals surface area contributed by atoms with Crippen LogP contribution in [0.15, 0.2) is 243 Å². The van der Waals surface area contributed by atoms with E-state index in [1.54, 1.807) is 0 Å². The molecule has 2 nitrogen and oxygen atoms in total. The van der Waals surface area contributed by atoms with E-state index in [0.29, 0.717) is 5.82 Å². The Hall–Kier alpha value is -8.24. The van der Waals surface area contributed by atoms with Crippen LogP contribution >= 0.6 is 11.3 Å². The van der Waals surface area contributed by atoms with E-state index in [1.807, 2.05) is 17.4 Å². The molecule has 0 unspecified atom stereocenters. The van der Waals surface area contributed by atoms with Crippen molar-refractivity contribution >= 4 is 42.3 Å². The fourth-order valence-electron chi connectivity index (χ4n) is 10.4. The lowest BCUT2D eigenvalue weighted by Gasteiger charge is -2.34. The summed E-state index contributed by atoms with van der Waals surface area (Å²) in [5.74, 6) is 0.700. The van der Waals surface area contributed by atoms with E-state index < -0.39 is 5.41 Å². The molecule has 1 aliphatic carbocycles. The first-order valence-electron chi connectivity index (χ1n) is 22.5. The number of thiophene rings is 1. The maximum Gasteiger partial charge on any atom is 0.160 e. The van der Waals surface area contributed by atoms with Gasteiger partial charge in [0.25, 0.3) is 0 Å². The highest BCUT2D eigenvalue weighted by atomic mass is 32.1. The van der Waals surface area contributed by atoms with Gasteiger partial charge in [-0.15, -0.1) is 11.3 Å². The molecule has 13 rings (SSSR count). The van der Waals surface area contributed by atoms with Gasteiger partial charge in [-0.1, -0.05) is 206 Å². The summed E-state index contributed by atoms with van der Waals surface area (Å²) in [5.41, 5.74) is 16.7. The molecule has 1 aliphatic rings. The van der Waals surface area contributed by atoms with Gasteiger partial charge in [0.2, 0.25) is 0 Å². The Morgan fingerprint density at radius 3 is 1.55 bits per heavy atom. The van der Waals surface area contributed by atoms with Gasteiger partial charge in [0.1, 0.15) is 0 Å². The van der Waals surface area contributed by atoms with E-state index >= 15 is 0 Å². The molecule has 0 N–H and O–H groups in total. The van der Waals surface area contributed by atoms with Crippen molar-refractivity contribution in [3.63, 3.8) is 0 Å². The second-order valence-corrected chi connectivity index (χ2v) is 18.4. The highest BCUT2D eigenvalue weighted by molar-refractivity contribution is 7.25. The van der Waals surface area contributed by atoms with Gasteiger partial charge in [0.15, 0.2) is 5.82 Å². The van der Waals surface area contributed by atoms with E-state index in [4.69, 9.17) is 9.97 Å². The van der Waals surface area contributed by atoms with Gasteiger partial charge in [-0.2, -0.15) is 0 Å². The standard InChI is InChI=1S/C63H40N2S/c1-4-14-43(15-5-1)62-64-58(40-59(65-62)49-33-34-53-52-20-10-12-22-56(52)63(57(53)38-49,50-16-6-2-7-17-50)51-18-8-3-9-19-51)42-26-24-41(25-27-42)44-28-29-46-37-47(31-30-45(46)36-44)48-32-35-55-54-21-11-13-23-60(54)66-61(55)39-48/h1-40H. The van der Waals surface area contributed by atoms with Crippen molar-refractivity contribution < 1.29 is 0 Å². The normalized spacial score (nSPS) is 12.7. The Balaban J connectivity index is 0.873. The SMILES string of the molecule is c1ccc(-c2nc(-c3ccc(-c4ccc5cc(-c6ccc7c(c6)sc6ccccc67)ccc5c4)cc3)cc(-c3ccc4c(c3)C(c3ccccc3)(c3ccccc3)c3ccccc3-4)n2)cc1. The van der Waals surface area contributed by atoms with Crippen LogP contribution in [0.5, 0.6) is 0 Å². The lowest BCUT2D eigenvalue weighted by molar-refractivity contribution is 0.768. The Kier molecular flexibility index (Phi) is 8.97. The monoisotopic (exact) mass is 856 g/mol. The Bertz CT molecular complexity index is 3760. The van der Waals surface area contributed by atoms with E-state index in [1.165, 1.54) is 81.0 Å². The van der Waals surface area contributed by atoms with E-state index in [9.17, 15) is 0 Å². The van der Waals surface area contributed by atoms with Crippen LogP contribution in [-0.4, -0.2) is 9.97 Å². The topological polar surface area (TPSA) is 25.8 Å². The van der Waals surface area contributed by atoms with Crippen molar-refractivity contribution in [1.29, 1.82) is 0 Å². The summed E-state index contributed by atoms with van der Waals surface area (Å²) in [5, 5.41) is 5.11. The summed E-state index contributed by atoms with van der Waals surface area (Å²) in [7, 11) is 0.